The van der Waals surface area contributed by atoms with Crippen LogP contribution in [0.5, 0.6) is 0 Å². The maximum absolute atomic E-state index is 12.8. The number of carbonyl (C=O) groups is 2. The Balaban J connectivity index is 1.44. The van der Waals surface area contributed by atoms with E-state index in [1.54, 1.807) is 11.0 Å². The third kappa shape index (κ3) is 3.43. The van der Waals surface area contributed by atoms with E-state index in [0.29, 0.717) is 36.9 Å². The van der Waals surface area contributed by atoms with E-state index in [2.05, 4.69) is 4.98 Å². The number of amides is 2. The van der Waals surface area contributed by atoms with Gasteiger partial charge in [-0.3, -0.25) is 9.59 Å². The maximum Gasteiger partial charge on any atom is 0.270 e. The van der Waals surface area contributed by atoms with Gasteiger partial charge >= 0.3 is 0 Å². The summed E-state index contributed by atoms with van der Waals surface area (Å²) in [5, 5.41) is 1.56. The van der Waals surface area contributed by atoms with Crippen molar-refractivity contribution < 1.29 is 9.59 Å². The molecule has 5 nitrogen and oxygen atoms in total. The Morgan fingerprint density at radius 3 is 2.30 bits per heavy atom. The van der Waals surface area contributed by atoms with Gasteiger partial charge in [-0.15, -0.1) is 0 Å². The summed E-state index contributed by atoms with van der Waals surface area (Å²) in [6, 6.07) is 14.9. The number of aryl methyl sites for hydroxylation is 1. The molecule has 2 aromatic carbocycles. The van der Waals surface area contributed by atoms with Gasteiger partial charge in [0.25, 0.3) is 11.8 Å². The number of hydrogen-bond acceptors (Lipinski definition) is 2. The summed E-state index contributed by atoms with van der Waals surface area (Å²) in [7, 11) is 0. The largest absolute Gasteiger partial charge is 0.351 e. The van der Waals surface area contributed by atoms with Gasteiger partial charge in [0.15, 0.2) is 0 Å². The normalized spacial score (nSPS) is 14.6. The van der Waals surface area contributed by atoms with Gasteiger partial charge in [-0.05, 0) is 42.8 Å². The number of nitrogens with zero attached hydrogens (tertiary/aromatic N) is 2. The molecule has 1 aliphatic rings. The molecule has 0 spiro atoms. The van der Waals surface area contributed by atoms with E-state index in [0.717, 1.165) is 22.0 Å². The molecule has 0 unspecified atom stereocenters. The van der Waals surface area contributed by atoms with Crippen LogP contribution in [0, 0.1) is 6.92 Å². The van der Waals surface area contributed by atoms with Crippen molar-refractivity contribution in [1.29, 1.82) is 0 Å². The number of nitrogens with one attached hydrogen (secondary N) is 1. The van der Waals surface area contributed by atoms with Crippen molar-refractivity contribution in [2.24, 2.45) is 0 Å². The number of fused-ring (bicyclic) bond motifs is 1. The van der Waals surface area contributed by atoms with E-state index in [4.69, 9.17) is 11.6 Å². The number of piperazine rings is 1. The van der Waals surface area contributed by atoms with Crippen LogP contribution < -0.4 is 0 Å². The Morgan fingerprint density at radius 1 is 0.926 bits per heavy atom. The quantitative estimate of drug-likeness (QED) is 0.735. The highest BCUT2D eigenvalue weighted by molar-refractivity contribution is 6.31. The molecule has 1 N–H and O–H groups in total. The van der Waals surface area contributed by atoms with E-state index < -0.39 is 0 Å². The molecule has 0 aliphatic carbocycles. The van der Waals surface area contributed by atoms with Gasteiger partial charge in [0.05, 0.1) is 0 Å². The lowest BCUT2D eigenvalue weighted by Crippen LogP contribution is -2.50. The average Bonchev–Trinajstić information content (AvgIpc) is 3.10. The lowest BCUT2D eigenvalue weighted by atomic mass is 10.1. The predicted octanol–water partition coefficient (Wildman–Crippen LogP) is 3.73. The van der Waals surface area contributed by atoms with Gasteiger partial charge in [-0.1, -0.05) is 29.8 Å². The lowest BCUT2D eigenvalue weighted by Gasteiger charge is -2.34. The predicted molar refractivity (Wildman–Crippen MR) is 106 cm³/mol. The number of hydrogen-bond donors (Lipinski definition) is 1. The fourth-order valence-electron chi connectivity index (χ4n) is 3.48. The number of aromatic amines is 1. The summed E-state index contributed by atoms with van der Waals surface area (Å²) in [5.74, 6) is -0.0224. The summed E-state index contributed by atoms with van der Waals surface area (Å²) in [6.45, 7) is 4.05. The Hall–Kier alpha value is -2.79. The number of carbonyl (C=O) groups excluding carboxylic acids is 2. The molecule has 0 saturated carbocycles. The first-order chi connectivity index (χ1) is 13.0. The zero-order valence-electron chi connectivity index (χ0n) is 15.0. The number of rotatable bonds is 2. The summed E-state index contributed by atoms with van der Waals surface area (Å²) in [5.41, 5.74) is 3.13. The van der Waals surface area contributed by atoms with E-state index in [-0.39, 0.29) is 11.8 Å². The molecule has 2 heterocycles. The second kappa shape index (κ2) is 7.08. The fraction of sp³-hybridized carbons (Fsp3) is 0.238. The van der Waals surface area contributed by atoms with Gasteiger partial charge < -0.3 is 14.8 Å². The monoisotopic (exact) mass is 381 g/mol. The minimum Gasteiger partial charge on any atom is -0.351 e. The molecular weight excluding hydrogens is 362 g/mol. The van der Waals surface area contributed by atoms with Crippen LogP contribution in [0.15, 0.2) is 48.5 Å². The molecule has 138 valence electrons. The molecule has 1 aliphatic heterocycles. The van der Waals surface area contributed by atoms with Gasteiger partial charge in [-0.25, -0.2) is 0 Å². The first-order valence-corrected chi connectivity index (χ1v) is 9.33. The molecule has 1 saturated heterocycles. The molecule has 2 amide bonds. The average molecular weight is 382 g/mol. The second-order valence-corrected chi connectivity index (χ2v) is 7.25. The summed E-state index contributed by atoms with van der Waals surface area (Å²) < 4.78 is 0. The third-order valence-electron chi connectivity index (χ3n) is 5.04. The highest BCUT2D eigenvalue weighted by Gasteiger charge is 2.26. The van der Waals surface area contributed by atoms with Crippen LogP contribution in [0.1, 0.15) is 26.4 Å². The molecule has 27 heavy (non-hydrogen) atoms. The molecule has 1 aromatic heterocycles. The van der Waals surface area contributed by atoms with Crippen LogP contribution >= 0.6 is 11.6 Å². The highest BCUT2D eigenvalue weighted by atomic mass is 35.5. The van der Waals surface area contributed by atoms with Crippen molar-refractivity contribution in [1.82, 2.24) is 14.8 Å². The molecule has 6 heteroatoms. The first-order valence-electron chi connectivity index (χ1n) is 8.95. The molecule has 1 fully saturated rings. The Morgan fingerprint density at radius 2 is 1.59 bits per heavy atom. The van der Waals surface area contributed by atoms with E-state index in [1.807, 2.05) is 54.3 Å². The van der Waals surface area contributed by atoms with Crippen molar-refractivity contribution >= 4 is 34.3 Å². The van der Waals surface area contributed by atoms with Gasteiger partial charge in [0.2, 0.25) is 0 Å². The minimum absolute atomic E-state index is 0.0282. The van der Waals surface area contributed by atoms with E-state index in [1.165, 1.54) is 0 Å². The van der Waals surface area contributed by atoms with Crippen molar-refractivity contribution in [2.75, 3.05) is 26.2 Å². The Kier molecular flexibility index (Phi) is 4.62. The van der Waals surface area contributed by atoms with Crippen LogP contribution in [-0.2, 0) is 0 Å². The standard InChI is InChI=1S/C21H20ClN3O2/c1-14-4-2-3-5-17(14)20(26)24-8-10-25(11-9-24)21(27)19-13-15-12-16(22)6-7-18(15)23-19/h2-7,12-13,23H,8-11H2,1H3. The zero-order chi connectivity index (χ0) is 19.0. The van der Waals surface area contributed by atoms with E-state index in [9.17, 15) is 9.59 Å². The summed E-state index contributed by atoms with van der Waals surface area (Å²) in [4.78, 5) is 32.3. The molecule has 0 atom stereocenters. The molecule has 0 bridgehead atoms. The summed E-state index contributed by atoms with van der Waals surface area (Å²) >= 11 is 6.02. The second-order valence-electron chi connectivity index (χ2n) is 6.81. The van der Waals surface area contributed by atoms with Gasteiger partial charge in [0.1, 0.15) is 5.69 Å². The van der Waals surface area contributed by atoms with Gasteiger partial charge in [0, 0.05) is 47.7 Å². The van der Waals surface area contributed by atoms with Crippen molar-refractivity contribution in [3.63, 3.8) is 0 Å². The topological polar surface area (TPSA) is 56.4 Å². The van der Waals surface area contributed by atoms with Crippen molar-refractivity contribution in [3.8, 4) is 0 Å². The number of aromatic nitrogens is 1. The number of halogens is 1. The smallest absolute Gasteiger partial charge is 0.270 e. The number of H-pyrrole nitrogens is 1. The van der Waals surface area contributed by atoms with Crippen molar-refractivity contribution in [2.45, 2.75) is 6.92 Å². The molecular formula is C21H20ClN3O2. The summed E-state index contributed by atoms with van der Waals surface area (Å²) in [6.07, 6.45) is 0. The zero-order valence-corrected chi connectivity index (χ0v) is 15.8. The first kappa shape index (κ1) is 17.6. The minimum atomic E-state index is -0.0506. The van der Waals surface area contributed by atoms with Gasteiger partial charge in [-0.2, -0.15) is 0 Å². The fourth-order valence-corrected chi connectivity index (χ4v) is 3.67. The van der Waals surface area contributed by atoms with Crippen LogP contribution in [0.2, 0.25) is 5.02 Å². The number of benzene rings is 2. The van der Waals surface area contributed by atoms with Crippen LogP contribution in [0.3, 0.4) is 0 Å². The van der Waals surface area contributed by atoms with Crippen molar-refractivity contribution in [3.05, 3.63) is 70.4 Å². The Labute approximate surface area is 162 Å². The Bertz CT molecular complexity index is 1020. The van der Waals surface area contributed by atoms with Crippen LogP contribution in [-0.4, -0.2) is 52.8 Å². The maximum atomic E-state index is 12.8. The van der Waals surface area contributed by atoms with Crippen LogP contribution in [0.4, 0.5) is 0 Å². The third-order valence-corrected chi connectivity index (χ3v) is 5.28. The molecule has 0 radical (unpaired) electrons. The SMILES string of the molecule is Cc1ccccc1C(=O)N1CCN(C(=O)c2cc3cc(Cl)ccc3[nH]2)CC1. The lowest BCUT2D eigenvalue weighted by molar-refractivity contribution is 0.0532. The molecule has 4 rings (SSSR count). The highest BCUT2D eigenvalue weighted by Crippen LogP contribution is 2.21. The van der Waals surface area contributed by atoms with Crippen LogP contribution in [0.25, 0.3) is 10.9 Å². The van der Waals surface area contributed by atoms with E-state index >= 15 is 0 Å². The molecule has 3 aromatic rings.